The zero-order chi connectivity index (χ0) is 26.5. The Bertz CT molecular complexity index is 949. The van der Waals surface area contributed by atoms with Gasteiger partial charge < -0.3 is 20.6 Å². The fraction of sp³-hybridized carbons (Fsp3) is 0.690. The van der Waals surface area contributed by atoms with Gasteiger partial charge in [-0.2, -0.15) is 0 Å². The predicted molar refractivity (Wildman–Crippen MR) is 143 cm³/mol. The summed E-state index contributed by atoms with van der Waals surface area (Å²) in [4.78, 5) is 43.5. The number of carbonyl (C=O) groups is 3. The van der Waals surface area contributed by atoms with Gasteiger partial charge in [0.2, 0.25) is 11.8 Å². The molecule has 2 heterocycles. The second-order valence-electron chi connectivity index (χ2n) is 11.3. The number of amides is 3. The molecule has 3 fully saturated rings. The van der Waals surface area contributed by atoms with Crippen LogP contribution in [-0.2, 0) is 16.1 Å². The van der Waals surface area contributed by atoms with Gasteiger partial charge in [0.1, 0.15) is 11.6 Å². The molecule has 3 N–H and O–H groups in total. The second kappa shape index (κ2) is 11.9. The molecule has 1 saturated carbocycles. The number of benzene rings is 1. The first-order chi connectivity index (χ1) is 17.8. The van der Waals surface area contributed by atoms with E-state index in [2.05, 4.69) is 22.5 Å². The van der Waals surface area contributed by atoms with Crippen molar-refractivity contribution in [1.82, 2.24) is 20.4 Å². The SMILES string of the molecule is CCCCCN1C(=O)[C@@H](CC2(O)CCCCC2)NC(=O)C12CCN(Cc1ccc(C(=O)NC)cc1)CC2. The molecule has 1 aromatic rings. The van der Waals surface area contributed by atoms with Crippen LogP contribution in [0.3, 0.4) is 0 Å². The molecule has 37 heavy (non-hydrogen) atoms. The van der Waals surface area contributed by atoms with E-state index in [0.29, 0.717) is 44.2 Å². The highest BCUT2D eigenvalue weighted by molar-refractivity contribution is 6.00. The number of hydrogen-bond acceptors (Lipinski definition) is 5. The van der Waals surface area contributed by atoms with Gasteiger partial charge in [0.05, 0.1) is 5.60 Å². The molecule has 2 saturated heterocycles. The van der Waals surface area contributed by atoms with Gasteiger partial charge in [-0.1, -0.05) is 51.2 Å². The van der Waals surface area contributed by atoms with Crippen molar-refractivity contribution in [2.45, 2.75) is 101 Å². The molecular weight excluding hydrogens is 468 g/mol. The van der Waals surface area contributed by atoms with Crippen molar-refractivity contribution in [1.29, 1.82) is 0 Å². The summed E-state index contributed by atoms with van der Waals surface area (Å²) in [5.41, 5.74) is 0.0860. The number of likely N-dealkylation sites (tertiary alicyclic amines) is 1. The van der Waals surface area contributed by atoms with Crippen molar-refractivity contribution < 1.29 is 19.5 Å². The molecule has 2 aliphatic heterocycles. The standard InChI is InChI=1S/C29H44N4O4/c1-3-4-8-17-33-26(35)24(20-28(37)13-6-5-7-14-28)31-27(36)29(33)15-18-32(19-16-29)21-22-9-11-23(12-10-22)25(34)30-2/h9-12,24,37H,3-8,13-21H2,1-2H3,(H,30,34)(H,31,36)/t24-/m1/s1. The molecule has 3 aliphatic rings. The molecule has 1 atom stereocenters. The van der Waals surface area contributed by atoms with E-state index in [1.165, 1.54) is 0 Å². The summed E-state index contributed by atoms with van der Waals surface area (Å²) >= 11 is 0. The zero-order valence-electron chi connectivity index (χ0n) is 22.6. The lowest BCUT2D eigenvalue weighted by atomic mass is 9.77. The Hall–Kier alpha value is -2.45. The van der Waals surface area contributed by atoms with Crippen molar-refractivity contribution in [2.24, 2.45) is 0 Å². The number of piperazine rings is 1. The lowest BCUT2D eigenvalue weighted by Crippen LogP contribution is -2.73. The molecule has 3 amide bonds. The molecule has 8 nitrogen and oxygen atoms in total. The molecule has 0 unspecified atom stereocenters. The smallest absolute Gasteiger partial charge is 0.251 e. The highest BCUT2D eigenvalue weighted by Gasteiger charge is 2.54. The van der Waals surface area contributed by atoms with E-state index in [0.717, 1.165) is 63.7 Å². The minimum atomic E-state index is -0.859. The van der Waals surface area contributed by atoms with Gasteiger partial charge in [0, 0.05) is 45.2 Å². The molecule has 1 aromatic carbocycles. The van der Waals surface area contributed by atoms with E-state index in [1.54, 1.807) is 7.05 Å². The lowest BCUT2D eigenvalue weighted by Gasteiger charge is -2.52. The maximum Gasteiger partial charge on any atom is 0.251 e. The molecule has 1 spiro atoms. The van der Waals surface area contributed by atoms with Gasteiger partial charge in [-0.05, 0) is 49.8 Å². The van der Waals surface area contributed by atoms with Crippen LogP contribution in [0.1, 0.15) is 93.5 Å². The first-order valence-electron chi connectivity index (χ1n) is 14.2. The Morgan fingerprint density at radius 2 is 1.73 bits per heavy atom. The average molecular weight is 513 g/mol. The maximum absolute atomic E-state index is 13.8. The summed E-state index contributed by atoms with van der Waals surface area (Å²) in [6.45, 7) is 4.91. The van der Waals surface area contributed by atoms with Crippen LogP contribution in [0.25, 0.3) is 0 Å². The van der Waals surface area contributed by atoms with E-state index in [-0.39, 0.29) is 17.7 Å². The van der Waals surface area contributed by atoms with Crippen molar-refractivity contribution in [3.8, 4) is 0 Å². The summed E-state index contributed by atoms with van der Waals surface area (Å²) < 4.78 is 0. The summed E-state index contributed by atoms with van der Waals surface area (Å²) in [6, 6.07) is 6.98. The van der Waals surface area contributed by atoms with Gasteiger partial charge in [-0.15, -0.1) is 0 Å². The highest BCUT2D eigenvalue weighted by atomic mass is 16.3. The number of aliphatic hydroxyl groups is 1. The third kappa shape index (κ3) is 6.17. The number of piperidine rings is 1. The molecule has 1 aliphatic carbocycles. The molecule has 4 rings (SSSR count). The number of nitrogens with zero attached hydrogens (tertiary/aromatic N) is 2. The normalized spacial score (nSPS) is 23.6. The Labute approximate surface area is 221 Å². The predicted octanol–water partition coefficient (Wildman–Crippen LogP) is 2.98. The Morgan fingerprint density at radius 1 is 1.05 bits per heavy atom. The Morgan fingerprint density at radius 3 is 2.35 bits per heavy atom. The fourth-order valence-corrected chi connectivity index (χ4v) is 6.39. The van der Waals surface area contributed by atoms with Crippen LogP contribution in [0.2, 0.25) is 0 Å². The van der Waals surface area contributed by atoms with Crippen LogP contribution in [0.5, 0.6) is 0 Å². The summed E-state index contributed by atoms with van der Waals surface area (Å²) in [5.74, 6) is -0.174. The van der Waals surface area contributed by atoms with Gasteiger partial charge in [-0.3, -0.25) is 19.3 Å². The molecule has 204 valence electrons. The van der Waals surface area contributed by atoms with Gasteiger partial charge in [-0.25, -0.2) is 0 Å². The van der Waals surface area contributed by atoms with E-state index in [1.807, 2.05) is 29.2 Å². The first-order valence-corrected chi connectivity index (χ1v) is 14.2. The van der Waals surface area contributed by atoms with Crippen molar-refractivity contribution in [3.63, 3.8) is 0 Å². The summed E-state index contributed by atoms with van der Waals surface area (Å²) in [6.07, 6.45) is 8.94. The van der Waals surface area contributed by atoms with E-state index >= 15 is 0 Å². The molecular formula is C29H44N4O4. The molecule has 0 aromatic heterocycles. The zero-order valence-corrected chi connectivity index (χ0v) is 22.6. The average Bonchev–Trinajstić information content (AvgIpc) is 2.90. The van der Waals surface area contributed by atoms with Gasteiger partial charge in [0.15, 0.2) is 0 Å². The topological polar surface area (TPSA) is 102 Å². The van der Waals surface area contributed by atoms with E-state index < -0.39 is 17.2 Å². The van der Waals surface area contributed by atoms with Crippen molar-refractivity contribution in [2.75, 3.05) is 26.7 Å². The maximum atomic E-state index is 13.8. The fourth-order valence-electron chi connectivity index (χ4n) is 6.39. The van der Waals surface area contributed by atoms with E-state index in [4.69, 9.17) is 0 Å². The second-order valence-corrected chi connectivity index (χ2v) is 11.3. The summed E-state index contributed by atoms with van der Waals surface area (Å²) in [7, 11) is 1.62. The minimum absolute atomic E-state index is 0.0204. The minimum Gasteiger partial charge on any atom is -0.390 e. The third-order valence-electron chi connectivity index (χ3n) is 8.70. The van der Waals surface area contributed by atoms with Crippen LogP contribution < -0.4 is 10.6 Å². The highest BCUT2D eigenvalue weighted by Crippen LogP contribution is 2.37. The number of hydrogen-bond donors (Lipinski definition) is 3. The van der Waals surface area contributed by atoms with Crippen LogP contribution in [0, 0.1) is 0 Å². The van der Waals surface area contributed by atoms with Crippen LogP contribution in [-0.4, -0.2) is 76.5 Å². The lowest BCUT2D eigenvalue weighted by molar-refractivity contribution is -0.163. The van der Waals surface area contributed by atoms with Crippen LogP contribution in [0.15, 0.2) is 24.3 Å². The number of nitrogens with one attached hydrogen (secondary N) is 2. The number of carbonyl (C=O) groups excluding carboxylic acids is 3. The Kier molecular flexibility index (Phi) is 8.90. The van der Waals surface area contributed by atoms with Gasteiger partial charge in [0.25, 0.3) is 5.91 Å². The third-order valence-corrected chi connectivity index (χ3v) is 8.70. The Balaban J connectivity index is 1.44. The molecule has 8 heteroatoms. The largest absolute Gasteiger partial charge is 0.390 e. The number of rotatable bonds is 9. The van der Waals surface area contributed by atoms with Crippen LogP contribution >= 0.6 is 0 Å². The van der Waals surface area contributed by atoms with Crippen LogP contribution in [0.4, 0.5) is 0 Å². The van der Waals surface area contributed by atoms with Crippen molar-refractivity contribution >= 4 is 17.7 Å². The monoisotopic (exact) mass is 512 g/mol. The number of unbranched alkanes of at least 4 members (excludes halogenated alkanes) is 2. The van der Waals surface area contributed by atoms with Crippen molar-refractivity contribution in [3.05, 3.63) is 35.4 Å². The van der Waals surface area contributed by atoms with Gasteiger partial charge >= 0.3 is 0 Å². The quantitative estimate of drug-likeness (QED) is 0.442. The summed E-state index contributed by atoms with van der Waals surface area (Å²) in [5, 5.41) is 16.8. The molecule has 0 radical (unpaired) electrons. The first kappa shape index (κ1) is 27.6. The molecule has 0 bridgehead atoms. The van der Waals surface area contributed by atoms with E-state index in [9.17, 15) is 19.5 Å².